The second kappa shape index (κ2) is 11.0. The molecular weight excluding hydrogens is 423 g/mol. The second-order valence-corrected chi connectivity index (χ2v) is 8.41. The van der Waals surface area contributed by atoms with E-state index in [1.54, 1.807) is 12.1 Å². The van der Waals surface area contributed by atoms with E-state index in [9.17, 15) is 4.79 Å². The maximum absolute atomic E-state index is 13.1. The fourth-order valence-corrected chi connectivity index (χ4v) is 4.05. The summed E-state index contributed by atoms with van der Waals surface area (Å²) >= 11 is 12.1. The van der Waals surface area contributed by atoms with E-state index in [0.29, 0.717) is 15.8 Å². The van der Waals surface area contributed by atoms with Crippen LogP contribution < -0.4 is 4.74 Å². The standard InChI is InChI=1S/C23H28Cl2N2O3/c1-26(23(29)15-17-4-9-20(24)21(25)14-17)22(16-27-10-2-3-11-27)18-5-7-19(8-6-18)30-13-12-28/h4-9,14,22,28H,2-3,10-13,15-16H2,1H3. The van der Waals surface area contributed by atoms with Gasteiger partial charge in [-0.25, -0.2) is 0 Å². The highest BCUT2D eigenvalue weighted by molar-refractivity contribution is 6.42. The van der Waals surface area contributed by atoms with Crippen LogP contribution in [0.2, 0.25) is 10.0 Å². The third-order valence-corrected chi connectivity index (χ3v) is 6.19. The lowest BCUT2D eigenvalue weighted by Crippen LogP contribution is -2.39. The predicted octanol–water partition coefficient (Wildman–Crippen LogP) is 4.20. The number of benzene rings is 2. The van der Waals surface area contributed by atoms with Gasteiger partial charge < -0.3 is 19.6 Å². The van der Waals surface area contributed by atoms with Crippen molar-refractivity contribution < 1.29 is 14.6 Å². The summed E-state index contributed by atoms with van der Waals surface area (Å²) in [5.74, 6) is 0.732. The average molecular weight is 451 g/mol. The fourth-order valence-electron chi connectivity index (χ4n) is 3.73. The van der Waals surface area contributed by atoms with Gasteiger partial charge in [0.1, 0.15) is 12.4 Å². The van der Waals surface area contributed by atoms with Crippen molar-refractivity contribution in [1.29, 1.82) is 0 Å². The summed E-state index contributed by atoms with van der Waals surface area (Å²) < 4.78 is 5.47. The minimum atomic E-state index is -0.0646. The van der Waals surface area contributed by atoms with Gasteiger partial charge in [0.15, 0.2) is 0 Å². The zero-order valence-electron chi connectivity index (χ0n) is 17.2. The van der Waals surface area contributed by atoms with Gasteiger partial charge in [-0.05, 0) is 61.3 Å². The minimum absolute atomic E-state index is 0.0225. The number of amides is 1. The molecule has 1 unspecified atom stereocenters. The number of nitrogens with zero attached hydrogens (tertiary/aromatic N) is 2. The molecule has 7 heteroatoms. The summed E-state index contributed by atoms with van der Waals surface area (Å²) in [6, 6.07) is 13.0. The molecule has 1 amide bonds. The van der Waals surface area contributed by atoms with Crippen molar-refractivity contribution in [2.45, 2.75) is 25.3 Å². The predicted molar refractivity (Wildman–Crippen MR) is 120 cm³/mol. The Hall–Kier alpha value is -1.79. The quantitative estimate of drug-likeness (QED) is 0.621. The van der Waals surface area contributed by atoms with Gasteiger partial charge in [-0.15, -0.1) is 0 Å². The van der Waals surface area contributed by atoms with Crippen LogP contribution in [0, 0.1) is 0 Å². The molecule has 1 aliphatic heterocycles. The summed E-state index contributed by atoms with van der Waals surface area (Å²) in [5.41, 5.74) is 1.90. The summed E-state index contributed by atoms with van der Waals surface area (Å²) in [5, 5.41) is 9.86. The van der Waals surface area contributed by atoms with Gasteiger partial charge in [-0.3, -0.25) is 4.79 Å². The van der Waals surface area contributed by atoms with Crippen LogP contribution in [-0.4, -0.2) is 60.7 Å². The van der Waals surface area contributed by atoms with Crippen LogP contribution in [0.1, 0.15) is 30.0 Å². The zero-order valence-corrected chi connectivity index (χ0v) is 18.7. The molecular formula is C23H28Cl2N2O3. The molecule has 1 fully saturated rings. The number of carbonyl (C=O) groups excluding carboxylic acids is 1. The second-order valence-electron chi connectivity index (χ2n) is 7.59. The van der Waals surface area contributed by atoms with Crippen LogP contribution in [0.15, 0.2) is 42.5 Å². The number of ether oxygens (including phenoxy) is 1. The molecule has 1 N–H and O–H groups in total. The van der Waals surface area contributed by atoms with Crippen LogP contribution in [0.5, 0.6) is 5.75 Å². The molecule has 1 aliphatic rings. The molecule has 3 rings (SSSR count). The maximum Gasteiger partial charge on any atom is 0.227 e. The molecule has 162 valence electrons. The third kappa shape index (κ3) is 6.11. The SMILES string of the molecule is CN(C(=O)Cc1ccc(Cl)c(Cl)c1)C(CN1CCCC1)c1ccc(OCCO)cc1. The summed E-state index contributed by atoms with van der Waals surface area (Å²) in [7, 11) is 1.86. The van der Waals surface area contributed by atoms with Crippen molar-refractivity contribution in [3.63, 3.8) is 0 Å². The van der Waals surface area contributed by atoms with Crippen LogP contribution in [0.25, 0.3) is 0 Å². The number of likely N-dealkylation sites (tertiary alicyclic amines) is 1. The Balaban J connectivity index is 1.75. The monoisotopic (exact) mass is 450 g/mol. The average Bonchev–Trinajstić information content (AvgIpc) is 3.26. The number of hydrogen-bond acceptors (Lipinski definition) is 4. The van der Waals surface area contributed by atoms with Crippen LogP contribution in [0.3, 0.4) is 0 Å². The van der Waals surface area contributed by atoms with Crippen LogP contribution in [-0.2, 0) is 11.2 Å². The first-order chi connectivity index (χ1) is 14.5. The highest BCUT2D eigenvalue weighted by atomic mass is 35.5. The highest BCUT2D eigenvalue weighted by Crippen LogP contribution is 2.27. The molecule has 0 aromatic heterocycles. The largest absolute Gasteiger partial charge is 0.491 e. The van der Waals surface area contributed by atoms with E-state index in [1.807, 2.05) is 42.3 Å². The maximum atomic E-state index is 13.1. The topological polar surface area (TPSA) is 53.0 Å². The summed E-state index contributed by atoms with van der Waals surface area (Å²) in [4.78, 5) is 17.3. The van der Waals surface area contributed by atoms with E-state index in [4.69, 9.17) is 33.0 Å². The van der Waals surface area contributed by atoms with Crippen molar-refractivity contribution in [2.24, 2.45) is 0 Å². The Labute approximate surface area is 188 Å². The molecule has 0 saturated carbocycles. The Morgan fingerprint density at radius 3 is 2.47 bits per heavy atom. The molecule has 0 radical (unpaired) electrons. The smallest absolute Gasteiger partial charge is 0.227 e. The number of aliphatic hydroxyl groups is 1. The van der Waals surface area contributed by atoms with Crippen LogP contribution in [0.4, 0.5) is 0 Å². The number of hydrogen-bond donors (Lipinski definition) is 1. The lowest BCUT2D eigenvalue weighted by Gasteiger charge is -2.32. The minimum Gasteiger partial charge on any atom is -0.491 e. The molecule has 2 aromatic rings. The van der Waals surface area contributed by atoms with Gasteiger partial charge in [0.05, 0.1) is 29.1 Å². The first-order valence-corrected chi connectivity index (χ1v) is 11.0. The van der Waals surface area contributed by atoms with E-state index >= 15 is 0 Å². The number of likely N-dealkylation sites (N-methyl/N-ethyl adjacent to an activating group) is 1. The highest BCUT2D eigenvalue weighted by Gasteiger charge is 2.26. The summed E-state index contributed by atoms with van der Waals surface area (Å²) in [6.07, 6.45) is 2.66. The molecule has 0 spiro atoms. The van der Waals surface area contributed by atoms with Crippen molar-refractivity contribution >= 4 is 29.1 Å². The first-order valence-electron chi connectivity index (χ1n) is 10.2. The van der Waals surface area contributed by atoms with E-state index in [0.717, 1.165) is 30.8 Å². The van der Waals surface area contributed by atoms with Gasteiger partial charge in [0, 0.05) is 13.6 Å². The molecule has 30 heavy (non-hydrogen) atoms. The van der Waals surface area contributed by atoms with Crippen LogP contribution >= 0.6 is 23.2 Å². The molecule has 0 bridgehead atoms. The Morgan fingerprint density at radius 2 is 1.83 bits per heavy atom. The Bertz CT molecular complexity index is 839. The summed E-state index contributed by atoms with van der Waals surface area (Å²) in [6.45, 7) is 3.15. The lowest BCUT2D eigenvalue weighted by molar-refractivity contribution is -0.131. The number of aliphatic hydroxyl groups excluding tert-OH is 1. The number of rotatable bonds is 9. The number of halogens is 2. The molecule has 1 atom stereocenters. The van der Waals surface area contributed by atoms with E-state index in [1.165, 1.54) is 12.8 Å². The van der Waals surface area contributed by atoms with Crippen molar-refractivity contribution in [2.75, 3.05) is 39.9 Å². The first kappa shape index (κ1) is 22.9. The molecule has 0 aliphatic carbocycles. The molecule has 1 saturated heterocycles. The molecule has 1 heterocycles. The zero-order chi connectivity index (χ0) is 21.5. The third-order valence-electron chi connectivity index (χ3n) is 5.45. The molecule has 2 aromatic carbocycles. The van der Waals surface area contributed by atoms with Gasteiger partial charge in [-0.1, -0.05) is 41.4 Å². The van der Waals surface area contributed by atoms with E-state index < -0.39 is 0 Å². The fraction of sp³-hybridized carbons (Fsp3) is 0.435. The van der Waals surface area contributed by atoms with E-state index in [-0.39, 0.29) is 31.6 Å². The van der Waals surface area contributed by atoms with Gasteiger partial charge >= 0.3 is 0 Å². The van der Waals surface area contributed by atoms with Gasteiger partial charge in [0.2, 0.25) is 5.91 Å². The van der Waals surface area contributed by atoms with Gasteiger partial charge in [-0.2, -0.15) is 0 Å². The van der Waals surface area contributed by atoms with Crippen molar-refractivity contribution in [3.05, 3.63) is 63.6 Å². The van der Waals surface area contributed by atoms with E-state index in [2.05, 4.69) is 4.90 Å². The lowest BCUT2D eigenvalue weighted by atomic mass is 10.0. The normalized spacial score (nSPS) is 15.2. The van der Waals surface area contributed by atoms with Crippen molar-refractivity contribution in [1.82, 2.24) is 9.80 Å². The number of carbonyl (C=O) groups is 1. The molecule has 5 nitrogen and oxygen atoms in total. The Morgan fingerprint density at radius 1 is 1.13 bits per heavy atom. The van der Waals surface area contributed by atoms with Crippen molar-refractivity contribution in [3.8, 4) is 5.75 Å². The van der Waals surface area contributed by atoms with Gasteiger partial charge in [0.25, 0.3) is 0 Å². The Kier molecular flexibility index (Phi) is 8.40.